The first-order chi connectivity index (χ1) is 13.6. The van der Waals surface area contributed by atoms with Gasteiger partial charge in [-0.3, -0.25) is 4.90 Å². The van der Waals surface area contributed by atoms with Crippen LogP contribution in [0, 0.1) is 13.3 Å². The van der Waals surface area contributed by atoms with E-state index in [1.165, 1.54) is 36.6 Å². The molecule has 0 radical (unpaired) electrons. The van der Waals surface area contributed by atoms with Gasteiger partial charge in [0.15, 0.2) is 0 Å². The summed E-state index contributed by atoms with van der Waals surface area (Å²) in [6.07, 6.45) is 4.57. The summed E-state index contributed by atoms with van der Waals surface area (Å²) in [6.45, 7) is 6.23. The van der Waals surface area contributed by atoms with E-state index in [4.69, 9.17) is 16.3 Å². The van der Waals surface area contributed by atoms with E-state index in [-0.39, 0.29) is 89.9 Å². The van der Waals surface area contributed by atoms with Crippen LogP contribution >= 0.6 is 11.6 Å². The summed E-state index contributed by atoms with van der Waals surface area (Å²) >= 11 is 6.66. The average molecular weight is 567 g/mol. The SMILES string of the molecule is C.CC(O)CNC1CCCN(Cc2cc(Cl)c(OCC3CC3)c3ccccc23)C1.[CH3-].[Cs+]. The first-order valence-corrected chi connectivity index (χ1v) is 10.9. The maximum Gasteiger partial charge on any atom is 1.00 e. The Morgan fingerprint density at radius 1 is 1.23 bits per heavy atom. The number of nitrogens with zero attached hydrogens (tertiary/aromatic N) is 1. The van der Waals surface area contributed by atoms with Crippen LogP contribution in [-0.2, 0) is 6.54 Å². The number of nitrogens with one attached hydrogen (secondary N) is 1. The summed E-state index contributed by atoms with van der Waals surface area (Å²) in [6, 6.07) is 11.0. The van der Waals surface area contributed by atoms with E-state index >= 15 is 0 Å². The molecule has 2 aromatic carbocycles. The molecule has 6 heteroatoms. The van der Waals surface area contributed by atoms with Gasteiger partial charge in [-0.15, -0.1) is 0 Å². The van der Waals surface area contributed by atoms with Crippen LogP contribution in [0.5, 0.6) is 5.75 Å². The molecule has 2 atom stereocenters. The molecule has 1 saturated heterocycles. The fourth-order valence-corrected chi connectivity index (χ4v) is 4.38. The monoisotopic (exact) mass is 566 g/mol. The quantitative estimate of drug-likeness (QED) is 0.482. The van der Waals surface area contributed by atoms with Crippen molar-refractivity contribution in [3.63, 3.8) is 0 Å². The topological polar surface area (TPSA) is 44.7 Å². The van der Waals surface area contributed by atoms with E-state index in [2.05, 4.69) is 40.5 Å². The van der Waals surface area contributed by atoms with Gasteiger partial charge in [-0.25, -0.2) is 0 Å². The number of aliphatic hydroxyl groups excluding tert-OH is 1. The first kappa shape index (κ1) is 29.8. The molecule has 1 aliphatic carbocycles. The number of rotatable bonds is 8. The van der Waals surface area contributed by atoms with Crippen LogP contribution < -0.4 is 78.9 Å². The summed E-state index contributed by atoms with van der Waals surface area (Å²) in [5, 5.41) is 16.1. The van der Waals surface area contributed by atoms with E-state index in [0.29, 0.717) is 18.5 Å². The van der Waals surface area contributed by atoms with Crippen molar-refractivity contribution < 1.29 is 78.7 Å². The van der Waals surface area contributed by atoms with Crippen molar-refractivity contribution in [2.24, 2.45) is 5.92 Å². The number of fused-ring (bicyclic) bond motifs is 1. The van der Waals surface area contributed by atoms with E-state index in [9.17, 15) is 5.11 Å². The number of hydrogen-bond donors (Lipinski definition) is 2. The predicted molar refractivity (Wildman–Crippen MR) is 128 cm³/mol. The van der Waals surface area contributed by atoms with Crippen molar-refractivity contribution in [1.82, 2.24) is 10.2 Å². The van der Waals surface area contributed by atoms with Crippen LogP contribution in [0.4, 0.5) is 0 Å². The molecule has 2 aromatic rings. The Morgan fingerprint density at radius 3 is 2.61 bits per heavy atom. The summed E-state index contributed by atoms with van der Waals surface area (Å²) < 4.78 is 6.11. The Hall–Kier alpha value is 0.722. The molecular weight excluding hydrogens is 529 g/mol. The van der Waals surface area contributed by atoms with Gasteiger partial charge in [0.25, 0.3) is 0 Å². The van der Waals surface area contributed by atoms with Crippen molar-refractivity contribution in [2.75, 3.05) is 26.2 Å². The summed E-state index contributed by atoms with van der Waals surface area (Å²) in [5.74, 6) is 1.54. The van der Waals surface area contributed by atoms with Crippen LogP contribution in [0.1, 0.15) is 45.6 Å². The summed E-state index contributed by atoms with van der Waals surface area (Å²) in [5.41, 5.74) is 1.26. The molecule has 2 unspecified atom stereocenters. The van der Waals surface area contributed by atoms with Crippen LogP contribution in [0.2, 0.25) is 5.02 Å². The van der Waals surface area contributed by atoms with Crippen molar-refractivity contribution in [2.45, 2.75) is 58.7 Å². The zero-order chi connectivity index (χ0) is 19.5. The maximum absolute atomic E-state index is 9.54. The Labute approximate surface area is 252 Å². The minimum Gasteiger partial charge on any atom is -0.491 e. The number of aliphatic hydroxyl groups is 1. The molecule has 168 valence electrons. The third-order valence-electron chi connectivity index (χ3n) is 5.80. The average Bonchev–Trinajstić information content (AvgIpc) is 3.51. The third-order valence-corrected chi connectivity index (χ3v) is 6.08. The Kier molecular flexibility index (Phi) is 13.6. The summed E-state index contributed by atoms with van der Waals surface area (Å²) in [4.78, 5) is 2.49. The number of hydrogen-bond acceptors (Lipinski definition) is 4. The van der Waals surface area contributed by atoms with Crippen molar-refractivity contribution in [1.29, 1.82) is 0 Å². The predicted octanol–water partition coefficient (Wildman–Crippen LogP) is 2.31. The number of halogens is 1. The van der Waals surface area contributed by atoms with E-state index in [1.807, 2.05) is 6.92 Å². The van der Waals surface area contributed by atoms with Crippen molar-refractivity contribution >= 4 is 22.4 Å². The number of benzene rings is 2. The number of likely N-dealkylation sites (tertiary alicyclic amines) is 1. The minimum absolute atomic E-state index is 0. The van der Waals surface area contributed by atoms with Crippen molar-refractivity contribution in [3.8, 4) is 5.75 Å². The first-order valence-electron chi connectivity index (χ1n) is 10.6. The fourth-order valence-electron chi connectivity index (χ4n) is 4.09. The van der Waals surface area contributed by atoms with E-state index in [0.717, 1.165) is 42.4 Å². The van der Waals surface area contributed by atoms with Gasteiger partial charge in [0, 0.05) is 31.1 Å². The molecular formula is C25H38ClCsN2O2. The molecule has 4 rings (SSSR count). The normalized spacial score (nSPS) is 19.6. The van der Waals surface area contributed by atoms with Gasteiger partial charge in [0.05, 0.1) is 17.7 Å². The van der Waals surface area contributed by atoms with E-state index < -0.39 is 0 Å². The molecule has 0 spiro atoms. The van der Waals surface area contributed by atoms with E-state index in [1.54, 1.807) is 0 Å². The van der Waals surface area contributed by atoms with Gasteiger partial charge in [-0.1, -0.05) is 43.3 Å². The smallest absolute Gasteiger partial charge is 0.491 e. The van der Waals surface area contributed by atoms with Gasteiger partial charge >= 0.3 is 68.9 Å². The Morgan fingerprint density at radius 2 is 1.94 bits per heavy atom. The number of piperidine rings is 1. The van der Waals surface area contributed by atoms with Gasteiger partial charge in [-0.05, 0) is 62.1 Å². The molecule has 2 aliphatic rings. The maximum atomic E-state index is 9.54. The van der Waals surface area contributed by atoms with Crippen LogP contribution in [-0.4, -0.2) is 48.4 Å². The minimum atomic E-state index is -0.304. The Bertz CT molecular complexity index is 813. The molecule has 0 bridgehead atoms. The fraction of sp³-hybridized carbons (Fsp3) is 0.560. The molecule has 1 heterocycles. The molecule has 1 aliphatic heterocycles. The summed E-state index contributed by atoms with van der Waals surface area (Å²) in [7, 11) is 0. The molecule has 2 N–H and O–H groups in total. The van der Waals surface area contributed by atoms with Crippen LogP contribution in [0.25, 0.3) is 10.8 Å². The van der Waals surface area contributed by atoms with Gasteiger partial charge in [0.2, 0.25) is 0 Å². The van der Waals surface area contributed by atoms with Gasteiger partial charge < -0.3 is 22.6 Å². The van der Waals surface area contributed by atoms with Gasteiger partial charge in [-0.2, -0.15) is 0 Å². The van der Waals surface area contributed by atoms with Crippen LogP contribution in [0.15, 0.2) is 30.3 Å². The molecule has 2 fully saturated rings. The second kappa shape index (κ2) is 14.2. The zero-order valence-electron chi connectivity index (χ0n) is 18.7. The second-order valence-electron chi connectivity index (χ2n) is 8.48. The zero-order valence-corrected chi connectivity index (χ0v) is 25.7. The Balaban J connectivity index is 0.00000160. The molecule has 0 amide bonds. The van der Waals surface area contributed by atoms with Gasteiger partial charge in [0.1, 0.15) is 5.75 Å². The molecule has 31 heavy (non-hydrogen) atoms. The molecule has 0 aromatic heterocycles. The van der Waals surface area contributed by atoms with Crippen molar-refractivity contribution in [3.05, 3.63) is 48.3 Å². The standard InChI is InChI=1S/C23H31ClN2O2.CH4.CH3.Cs/c1-16(27)12-25-19-5-4-10-26(14-19)13-18-11-22(24)23(28-15-17-8-9-17)21-7-3-2-6-20(18)21;;;/h2-3,6-7,11,16-17,19,25,27H,4-5,8-10,12-15H2,1H3;1H4;1H3;/q;;-1;+1. The third kappa shape index (κ3) is 8.46. The second-order valence-corrected chi connectivity index (χ2v) is 8.89. The molecule has 1 saturated carbocycles. The largest absolute Gasteiger partial charge is 1.00 e. The van der Waals surface area contributed by atoms with Crippen LogP contribution in [0.3, 0.4) is 0 Å². The number of ether oxygens (including phenoxy) is 1. The molecule has 4 nitrogen and oxygen atoms in total.